The Hall–Kier alpha value is -2.29. The van der Waals surface area contributed by atoms with E-state index in [-0.39, 0.29) is 6.04 Å². The maximum atomic E-state index is 11.2. The van der Waals surface area contributed by atoms with Crippen LogP contribution in [0.1, 0.15) is 32.4 Å². The number of amides is 1. The molecule has 0 radical (unpaired) electrons. The predicted molar refractivity (Wildman–Crippen MR) is 81.5 cm³/mol. The molecule has 6 nitrogen and oxygen atoms in total. The van der Waals surface area contributed by atoms with Crippen LogP contribution in [0, 0.1) is 0 Å². The van der Waals surface area contributed by atoms with Crippen molar-refractivity contribution >= 4 is 12.1 Å². The molecule has 0 saturated carbocycles. The van der Waals surface area contributed by atoms with Gasteiger partial charge in [0.15, 0.2) is 0 Å². The van der Waals surface area contributed by atoms with E-state index in [9.17, 15) is 23.1 Å². The fraction of sp³-hybridized carbons (Fsp3) is 0.467. The summed E-state index contributed by atoms with van der Waals surface area (Å²) >= 11 is 0. The van der Waals surface area contributed by atoms with Crippen LogP contribution in [-0.4, -0.2) is 45.4 Å². The maximum absolute atomic E-state index is 11.2. The van der Waals surface area contributed by atoms with Crippen LogP contribution in [0.5, 0.6) is 0 Å². The number of hydrogen-bond donors (Lipinski definition) is 3. The molecule has 0 aliphatic carbocycles. The van der Waals surface area contributed by atoms with Gasteiger partial charge in [0.1, 0.15) is 0 Å². The van der Waals surface area contributed by atoms with Crippen molar-refractivity contribution in [1.29, 1.82) is 0 Å². The second kappa shape index (κ2) is 8.53. The largest absolute Gasteiger partial charge is 0.490 e. The van der Waals surface area contributed by atoms with Crippen molar-refractivity contribution in [1.82, 2.24) is 4.90 Å². The minimum Gasteiger partial charge on any atom is -0.475 e. The smallest absolute Gasteiger partial charge is 0.475 e. The molecule has 1 amide bonds. The molecule has 1 unspecified atom stereocenters. The second-order valence-corrected chi connectivity index (χ2v) is 5.88. The first-order valence-electron chi connectivity index (χ1n) is 6.88. The average Bonchev–Trinajstić information content (AvgIpc) is 2.43. The molecule has 0 aliphatic rings. The van der Waals surface area contributed by atoms with Crippen LogP contribution in [0.25, 0.3) is 0 Å². The third kappa shape index (κ3) is 7.82. The van der Waals surface area contributed by atoms with Gasteiger partial charge in [0.25, 0.3) is 0 Å². The fourth-order valence-corrected chi connectivity index (χ4v) is 1.64. The molecule has 1 atom stereocenters. The van der Waals surface area contributed by atoms with E-state index in [1.165, 1.54) is 4.90 Å². The lowest BCUT2D eigenvalue weighted by molar-refractivity contribution is -0.192. The van der Waals surface area contributed by atoms with Crippen LogP contribution in [0.2, 0.25) is 0 Å². The number of carboxylic acid groups (broad SMARTS) is 2. The van der Waals surface area contributed by atoms with Crippen molar-refractivity contribution in [3.8, 4) is 0 Å². The van der Waals surface area contributed by atoms with E-state index in [1.807, 2.05) is 51.1 Å². The van der Waals surface area contributed by atoms with Crippen LogP contribution >= 0.6 is 0 Å². The highest BCUT2D eigenvalue weighted by Gasteiger charge is 2.38. The van der Waals surface area contributed by atoms with Gasteiger partial charge in [-0.2, -0.15) is 13.2 Å². The predicted octanol–water partition coefficient (Wildman–Crippen LogP) is 3.10. The van der Waals surface area contributed by atoms with E-state index in [2.05, 4.69) is 0 Å². The van der Waals surface area contributed by atoms with Crippen molar-refractivity contribution in [3.05, 3.63) is 35.9 Å². The molecule has 1 rings (SSSR count). The molecule has 0 heterocycles. The van der Waals surface area contributed by atoms with E-state index in [4.69, 9.17) is 15.6 Å². The van der Waals surface area contributed by atoms with Gasteiger partial charge < -0.3 is 20.8 Å². The Morgan fingerprint density at radius 1 is 1.12 bits per heavy atom. The van der Waals surface area contributed by atoms with E-state index >= 15 is 0 Å². The summed E-state index contributed by atoms with van der Waals surface area (Å²) in [6.45, 7) is 5.87. The average molecular weight is 350 g/mol. The van der Waals surface area contributed by atoms with Gasteiger partial charge in [-0.3, -0.25) is 0 Å². The molecule has 0 saturated heterocycles. The van der Waals surface area contributed by atoms with E-state index in [0.717, 1.165) is 5.56 Å². The molecule has 4 N–H and O–H groups in total. The molecule has 0 aliphatic heterocycles. The summed E-state index contributed by atoms with van der Waals surface area (Å²) in [5.74, 6) is -2.76. The lowest BCUT2D eigenvalue weighted by atomic mass is 10.0. The first-order valence-corrected chi connectivity index (χ1v) is 6.88. The Morgan fingerprint density at radius 2 is 1.54 bits per heavy atom. The topological polar surface area (TPSA) is 104 Å². The minimum absolute atomic E-state index is 0.294. The zero-order valence-electron chi connectivity index (χ0n) is 13.5. The van der Waals surface area contributed by atoms with Crippen LogP contribution in [0.4, 0.5) is 18.0 Å². The lowest BCUT2D eigenvalue weighted by Gasteiger charge is -2.35. The molecule has 0 bridgehead atoms. The van der Waals surface area contributed by atoms with Gasteiger partial charge in [-0.05, 0) is 26.3 Å². The number of carboxylic acids is 1. The molecule has 24 heavy (non-hydrogen) atoms. The number of aliphatic carboxylic acids is 1. The zero-order chi connectivity index (χ0) is 19.1. The molecular formula is C15H21F3N2O4. The Morgan fingerprint density at radius 3 is 1.83 bits per heavy atom. The van der Waals surface area contributed by atoms with Gasteiger partial charge in [-0.25, -0.2) is 9.59 Å². The number of halogens is 3. The summed E-state index contributed by atoms with van der Waals surface area (Å²) in [5, 5.41) is 16.3. The first kappa shape index (κ1) is 21.7. The number of nitrogens with two attached hydrogens (primary N) is 1. The van der Waals surface area contributed by atoms with Gasteiger partial charge >= 0.3 is 18.2 Å². The summed E-state index contributed by atoms with van der Waals surface area (Å²) in [4.78, 5) is 21.4. The molecule has 0 spiro atoms. The SMILES string of the molecule is CC(C)(C)N(CC(N)c1ccccc1)C(=O)O.O=C(O)C(F)(F)F. The van der Waals surface area contributed by atoms with Gasteiger partial charge in [0.2, 0.25) is 0 Å². The summed E-state index contributed by atoms with van der Waals surface area (Å²) in [7, 11) is 0. The molecule has 136 valence electrons. The lowest BCUT2D eigenvalue weighted by Crippen LogP contribution is -2.48. The molecule has 1 aromatic rings. The summed E-state index contributed by atoms with van der Waals surface area (Å²) < 4.78 is 31.7. The zero-order valence-corrected chi connectivity index (χ0v) is 13.5. The number of hydrogen-bond acceptors (Lipinski definition) is 3. The normalized spacial score (nSPS) is 12.6. The standard InChI is InChI=1S/C13H20N2O2.C2HF3O2/c1-13(2,3)15(12(16)17)9-11(14)10-7-5-4-6-8-10;3-2(4,5)1(6)7/h4-8,11H,9,14H2,1-3H3,(H,16,17);(H,6,7). The quantitative estimate of drug-likeness (QED) is 0.777. The van der Waals surface area contributed by atoms with Gasteiger partial charge in [0.05, 0.1) is 0 Å². The Kier molecular flexibility index (Phi) is 7.72. The monoisotopic (exact) mass is 350 g/mol. The van der Waals surface area contributed by atoms with Crippen molar-refractivity contribution in [2.24, 2.45) is 5.73 Å². The van der Waals surface area contributed by atoms with E-state index < -0.39 is 23.8 Å². The van der Waals surface area contributed by atoms with Gasteiger partial charge in [0, 0.05) is 18.1 Å². The summed E-state index contributed by atoms with van der Waals surface area (Å²) in [5.41, 5.74) is 6.53. The highest BCUT2D eigenvalue weighted by atomic mass is 19.4. The molecule has 0 fully saturated rings. The van der Waals surface area contributed by atoms with Crippen LogP contribution in [-0.2, 0) is 4.79 Å². The number of nitrogens with zero attached hydrogens (tertiary/aromatic N) is 1. The third-order valence-corrected chi connectivity index (χ3v) is 2.89. The highest BCUT2D eigenvalue weighted by molar-refractivity contribution is 5.73. The van der Waals surface area contributed by atoms with Crippen LogP contribution in [0.3, 0.4) is 0 Å². The van der Waals surface area contributed by atoms with Crippen LogP contribution in [0.15, 0.2) is 30.3 Å². The summed E-state index contributed by atoms with van der Waals surface area (Å²) in [6.07, 6.45) is -6.02. The minimum atomic E-state index is -5.08. The molecule has 0 aromatic heterocycles. The number of carbonyl (C=O) groups is 2. The molecule has 9 heteroatoms. The third-order valence-electron chi connectivity index (χ3n) is 2.89. The van der Waals surface area contributed by atoms with Gasteiger partial charge in [-0.15, -0.1) is 0 Å². The number of alkyl halides is 3. The number of rotatable bonds is 3. The Bertz CT molecular complexity index is 542. The second-order valence-electron chi connectivity index (χ2n) is 5.88. The van der Waals surface area contributed by atoms with Crippen LogP contribution < -0.4 is 5.73 Å². The first-order chi connectivity index (χ1) is 10.8. The number of benzene rings is 1. The fourth-order valence-electron chi connectivity index (χ4n) is 1.64. The van der Waals surface area contributed by atoms with E-state index in [0.29, 0.717) is 6.54 Å². The van der Waals surface area contributed by atoms with Crippen molar-refractivity contribution in [2.45, 2.75) is 38.5 Å². The summed E-state index contributed by atoms with van der Waals surface area (Å²) in [6, 6.07) is 9.23. The van der Waals surface area contributed by atoms with Crippen molar-refractivity contribution in [2.75, 3.05) is 6.54 Å². The molecular weight excluding hydrogens is 329 g/mol. The Balaban J connectivity index is 0.000000640. The van der Waals surface area contributed by atoms with E-state index in [1.54, 1.807) is 0 Å². The maximum Gasteiger partial charge on any atom is 0.490 e. The van der Waals surface area contributed by atoms with Gasteiger partial charge in [-0.1, -0.05) is 30.3 Å². The van der Waals surface area contributed by atoms with Crippen molar-refractivity contribution in [3.63, 3.8) is 0 Å². The molecule has 1 aromatic carbocycles. The highest BCUT2D eigenvalue weighted by Crippen LogP contribution is 2.18. The Labute approximate surface area is 137 Å². The van der Waals surface area contributed by atoms with Crippen molar-refractivity contribution < 1.29 is 33.0 Å².